The summed E-state index contributed by atoms with van der Waals surface area (Å²) in [6.07, 6.45) is 2.06. The number of fused-ring (bicyclic) bond motifs is 2. The molecular weight excluding hydrogens is 1060 g/mol. The van der Waals surface area contributed by atoms with Crippen molar-refractivity contribution in [2.75, 3.05) is 26.2 Å². The standard InChI is InChI=1S/C62H95N11O10/c1-37(2)31-43-35-52(74)45(23-15-27-63)66-56(77)44(39(5)6)36-53(75)49-25-17-29-71(49)62(83)51(34-42-21-13-10-14-22-42)73(65)61(82)47(32-38(3)4)69-57(78)46(24-16-28-64)67-59(80)54(40(7)8)70-58(79)50-26-18-30-72(50)60(81)48(68-55(43)76)33-41-19-11-9-12-20-41/h9-14,19-22,37-40,43-51,54H,15-18,23-36,63-65H2,1-8H3,(H,66,77)(H,67,80)(H,68,76)(H,69,78)(H,70,79)/t43-,44+,45+,46+,47+,48-,49+,50+,51-,54+/m1/s1. The van der Waals surface area contributed by atoms with E-state index < -0.39 is 125 Å². The van der Waals surface area contributed by atoms with E-state index in [1.165, 1.54) is 9.80 Å². The molecule has 3 heterocycles. The smallest absolute Gasteiger partial charge is 0.259 e. The van der Waals surface area contributed by atoms with Crippen molar-refractivity contribution in [3.8, 4) is 0 Å². The fourth-order valence-electron chi connectivity index (χ4n) is 11.6. The van der Waals surface area contributed by atoms with Gasteiger partial charge in [-0.05, 0) is 112 Å². The molecule has 2 aromatic carbocycles. The van der Waals surface area contributed by atoms with Crippen LogP contribution in [-0.4, -0.2) is 148 Å². The number of rotatable bonds is 16. The van der Waals surface area contributed by atoms with Gasteiger partial charge in [0, 0.05) is 50.6 Å². The van der Waals surface area contributed by atoms with E-state index in [0.717, 1.165) is 10.6 Å². The summed E-state index contributed by atoms with van der Waals surface area (Å²) in [4.78, 5) is 150. The maximum absolute atomic E-state index is 15.1. The first-order valence-corrected chi connectivity index (χ1v) is 30.2. The fourth-order valence-corrected chi connectivity index (χ4v) is 11.6. The highest BCUT2D eigenvalue weighted by atomic mass is 16.2. The zero-order valence-electron chi connectivity index (χ0n) is 50.2. The van der Waals surface area contributed by atoms with Crippen LogP contribution in [0.25, 0.3) is 0 Å². The number of ketones is 2. The molecule has 0 aliphatic carbocycles. The van der Waals surface area contributed by atoms with Crippen molar-refractivity contribution in [2.45, 2.75) is 194 Å². The third kappa shape index (κ3) is 19.2. The lowest BCUT2D eigenvalue weighted by molar-refractivity contribution is -0.150. The molecule has 2 aromatic rings. The number of hydrazine groups is 1. The zero-order chi connectivity index (χ0) is 61.1. The van der Waals surface area contributed by atoms with E-state index in [1.54, 1.807) is 58.0 Å². The number of hydrogen-bond acceptors (Lipinski definition) is 13. The van der Waals surface area contributed by atoms with Gasteiger partial charge in [-0.15, -0.1) is 0 Å². The number of Topliss-reactive ketones (excluding diaryl/α,β-unsaturated/α-hetero) is 2. The number of nitrogens with zero attached hydrogens (tertiary/aromatic N) is 3. The monoisotopic (exact) mass is 1150 g/mol. The molecule has 83 heavy (non-hydrogen) atoms. The molecule has 458 valence electrons. The van der Waals surface area contributed by atoms with Crippen LogP contribution in [0, 0.1) is 35.5 Å². The van der Waals surface area contributed by atoms with Gasteiger partial charge >= 0.3 is 0 Å². The quantitative estimate of drug-likeness (QED) is 0.0887. The van der Waals surface area contributed by atoms with Crippen LogP contribution in [0.15, 0.2) is 60.7 Å². The molecule has 0 bridgehead atoms. The molecule has 3 aliphatic rings. The largest absolute Gasteiger partial charge is 0.346 e. The second-order valence-corrected chi connectivity index (χ2v) is 24.5. The Morgan fingerprint density at radius 2 is 1.01 bits per heavy atom. The van der Waals surface area contributed by atoms with E-state index in [2.05, 4.69) is 26.6 Å². The number of nitrogens with one attached hydrogen (secondary N) is 5. The van der Waals surface area contributed by atoms with Gasteiger partial charge in [0.1, 0.15) is 36.3 Å². The Labute approximate surface area is 490 Å². The minimum absolute atomic E-state index is 0.0465. The summed E-state index contributed by atoms with van der Waals surface area (Å²) in [6, 6.07) is 8.67. The summed E-state index contributed by atoms with van der Waals surface area (Å²) in [7, 11) is 0. The molecule has 21 nitrogen and oxygen atoms in total. The number of carbonyl (C=O) groups excluding carboxylic acids is 10. The van der Waals surface area contributed by atoms with Crippen LogP contribution in [0.2, 0.25) is 0 Å². The van der Waals surface area contributed by atoms with Gasteiger partial charge in [0.05, 0.1) is 12.1 Å². The minimum atomic E-state index is -1.35. The molecule has 10 atom stereocenters. The second-order valence-electron chi connectivity index (χ2n) is 24.5. The molecule has 0 aromatic heterocycles. The first-order valence-electron chi connectivity index (χ1n) is 30.2. The summed E-state index contributed by atoms with van der Waals surface area (Å²) in [5.74, 6) is -2.11. The number of amides is 8. The molecule has 3 aliphatic heterocycles. The Morgan fingerprint density at radius 3 is 1.57 bits per heavy atom. The molecule has 0 saturated carbocycles. The van der Waals surface area contributed by atoms with E-state index in [-0.39, 0.29) is 108 Å². The van der Waals surface area contributed by atoms with Gasteiger partial charge in [-0.1, -0.05) is 116 Å². The van der Waals surface area contributed by atoms with Gasteiger partial charge in [-0.3, -0.25) is 53.0 Å². The Kier molecular flexibility index (Phi) is 26.3. The lowest BCUT2D eigenvalue weighted by Gasteiger charge is -2.35. The van der Waals surface area contributed by atoms with Crippen molar-refractivity contribution in [2.24, 2.45) is 52.8 Å². The number of hydrogen-bond donors (Lipinski definition) is 8. The van der Waals surface area contributed by atoms with Crippen LogP contribution in [0.1, 0.15) is 144 Å². The summed E-state index contributed by atoms with van der Waals surface area (Å²) < 4.78 is 0. The third-order valence-corrected chi connectivity index (χ3v) is 16.2. The molecule has 11 N–H and O–H groups in total. The summed E-state index contributed by atoms with van der Waals surface area (Å²) in [6.45, 7) is 15.3. The van der Waals surface area contributed by atoms with E-state index in [1.807, 2.05) is 58.0 Å². The van der Waals surface area contributed by atoms with Crippen molar-refractivity contribution in [3.05, 3.63) is 71.8 Å². The molecule has 21 heteroatoms. The minimum Gasteiger partial charge on any atom is -0.346 e. The van der Waals surface area contributed by atoms with Crippen LogP contribution < -0.4 is 43.9 Å². The summed E-state index contributed by atoms with van der Waals surface area (Å²) in [5, 5.41) is 15.2. The number of carbonyl (C=O) groups is 10. The van der Waals surface area contributed by atoms with Gasteiger partial charge < -0.3 is 47.9 Å². The molecule has 8 amide bonds. The van der Waals surface area contributed by atoms with E-state index >= 15 is 4.79 Å². The molecule has 0 spiro atoms. The Bertz CT molecular complexity index is 2530. The van der Waals surface area contributed by atoms with Crippen molar-refractivity contribution < 1.29 is 47.9 Å². The van der Waals surface area contributed by atoms with Crippen molar-refractivity contribution in [3.63, 3.8) is 0 Å². The van der Waals surface area contributed by atoms with Gasteiger partial charge in [-0.25, -0.2) is 5.84 Å². The third-order valence-electron chi connectivity index (χ3n) is 16.2. The summed E-state index contributed by atoms with van der Waals surface area (Å²) >= 11 is 0. The lowest BCUT2D eigenvalue weighted by Crippen LogP contribution is -2.62. The van der Waals surface area contributed by atoms with E-state index in [9.17, 15) is 43.2 Å². The average molecular weight is 1150 g/mol. The van der Waals surface area contributed by atoms with Gasteiger partial charge in [0.25, 0.3) is 5.91 Å². The van der Waals surface area contributed by atoms with Crippen LogP contribution in [0.3, 0.4) is 0 Å². The first-order chi connectivity index (χ1) is 39.4. The van der Waals surface area contributed by atoms with Crippen LogP contribution in [0.4, 0.5) is 0 Å². The molecular formula is C62H95N11O10. The number of nitrogens with two attached hydrogens (primary N) is 3. The van der Waals surface area contributed by atoms with E-state index in [0.29, 0.717) is 31.2 Å². The lowest BCUT2D eigenvalue weighted by atomic mass is 9.86. The SMILES string of the molecule is CC(C)C[C@@H]1CC(=O)[C@H](CCCN)NC(=O)[C@H](C(C)C)CC(=O)[C@@H]2CCCN2C(=O)[C@@H](Cc2ccccc2)N(N)C(=O)[C@H](CC(C)C)NC(=O)[C@H](CCCN)NC(=O)[C@H](C(C)C)NC(=O)[C@@H]2CCCN2C(=O)[C@@H](Cc2ccccc2)NC1=O. The van der Waals surface area contributed by atoms with Crippen LogP contribution >= 0.6 is 0 Å². The Morgan fingerprint density at radius 1 is 0.494 bits per heavy atom. The average Bonchev–Trinajstić information content (AvgIpc) is 4.27. The van der Waals surface area contributed by atoms with Crippen LogP contribution in [0.5, 0.6) is 0 Å². The molecule has 5 rings (SSSR count). The van der Waals surface area contributed by atoms with Crippen molar-refractivity contribution in [1.29, 1.82) is 0 Å². The topological polar surface area (TPSA) is 319 Å². The second kappa shape index (κ2) is 32.5. The molecule has 3 saturated heterocycles. The van der Waals surface area contributed by atoms with Gasteiger partial charge in [0.2, 0.25) is 41.4 Å². The van der Waals surface area contributed by atoms with Gasteiger partial charge in [0.15, 0.2) is 11.6 Å². The summed E-state index contributed by atoms with van der Waals surface area (Å²) in [5.41, 5.74) is 13.3. The Balaban J connectivity index is 1.60. The Hall–Kier alpha value is -6.58. The predicted molar refractivity (Wildman–Crippen MR) is 316 cm³/mol. The highest BCUT2D eigenvalue weighted by molar-refractivity contribution is 6.00. The zero-order valence-corrected chi connectivity index (χ0v) is 50.2. The van der Waals surface area contributed by atoms with Crippen molar-refractivity contribution >= 4 is 58.8 Å². The molecule has 0 radical (unpaired) electrons. The van der Waals surface area contributed by atoms with E-state index in [4.69, 9.17) is 17.3 Å². The van der Waals surface area contributed by atoms with Crippen LogP contribution in [-0.2, 0) is 60.8 Å². The fraction of sp³-hybridized carbons (Fsp3) is 0.645. The maximum atomic E-state index is 15.1. The molecule has 3 fully saturated rings. The first kappa shape index (κ1) is 67.2. The van der Waals surface area contributed by atoms with Crippen molar-refractivity contribution in [1.82, 2.24) is 41.4 Å². The normalized spacial score (nSPS) is 26.7. The maximum Gasteiger partial charge on any atom is 0.259 e. The molecule has 0 unspecified atom stereocenters. The van der Waals surface area contributed by atoms with Gasteiger partial charge in [-0.2, -0.15) is 0 Å². The predicted octanol–water partition coefficient (Wildman–Crippen LogP) is 3.00. The highest BCUT2D eigenvalue weighted by Crippen LogP contribution is 2.28. The number of benzene rings is 2. The highest BCUT2D eigenvalue weighted by Gasteiger charge is 2.45.